The molecule has 0 bridgehead atoms. The fourth-order valence-corrected chi connectivity index (χ4v) is 2.18. The van der Waals surface area contributed by atoms with Crippen LogP contribution < -0.4 is 5.32 Å². The van der Waals surface area contributed by atoms with E-state index in [1.807, 2.05) is 6.92 Å². The summed E-state index contributed by atoms with van der Waals surface area (Å²) in [6.45, 7) is 6.66. The number of nitrogens with one attached hydrogen (secondary N) is 1. The largest absolute Gasteiger partial charge is 0.342 e. The lowest BCUT2D eigenvalue weighted by molar-refractivity contribution is -0.385. The Morgan fingerprint density at radius 1 is 1.45 bits per heavy atom. The number of carbonyl (C=O) groups excluding carboxylic acids is 1. The molecule has 118 valence electrons. The molecule has 1 unspecified atom stereocenters. The van der Waals surface area contributed by atoms with E-state index in [0.717, 1.165) is 5.69 Å². The number of carbonyl (C=O) groups is 1. The maximum Gasteiger partial charge on any atom is 0.320 e. The molecule has 0 aliphatic carbocycles. The van der Waals surface area contributed by atoms with Crippen LogP contribution in [-0.2, 0) is 13.1 Å². The Labute approximate surface area is 127 Å². The molecule has 2 aromatic rings. The fraction of sp³-hybridized carbons (Fsp3) is 0.462. The van der Waals surface area contributed by atoms with Crippen LogP contribution in [0.4, 0.5) is 5.69 Å². The summed E-state index contributed by atoms with van der Waals surface area (Å²) in [6, 6.07) is 1.47. The predicted molar refractivity (Wildman–Crippen MR) is 78.3 cm³/mol. The third kappa shape index (κ3) is 2.97. The topological polar surface area (TPSA) is 108 Å². The lowest BCUT2D eigenvalue weighted by Gasteiger charge is -2.14. The Balaban J connectivity index is 2.22. The third-order valence-corrected chi connectivity index (χ3v) is 3.32. The lowest BCUT2D eigenvalue weighted by atomic mass is 10.2. The molecule has 0 spiro atoms. The van der Waals surface area contributed by atoms with Crippen molar-refractivity contribution >= 4 is 11.6 Å². The van der Waals surface area contributed by atoms with Gasteiger partial charge in [-0.25, -0.2) is 0 Å². The molecule has 0 saturated carbocycles. The van der Waals surface area contributed by atoms with Gasteiger partial charge in [-0.1, -0.05) is 0 Å². The number of hydrogen-bond donors (Lipinski definition) is 1. The standard InChI is InChI=1S/C13H18N6O3/c1-4-17-8-11(19(21)22)12(16-17)13(20)15-9(3)10-6-7-14-18(10)5-2/h6-9H,4-5H2,1-3H3,(H,15,20). The summed E-state index contributed by atoms with van der Waals surface area (Å²) in [7, 11) is 0. The zero-order chi connectivity index (χ0) is 16.3. The second-order valence-electron chi connectivity index (χ2n) is 4.74. The Bertz CT molecular complexity index is 690. The van der Waals surface area contributed by atoms with Crippen LogP contribution in [0.5, 0.6) is 0 Å². The van der Waals surface area contributed by atoms with Gasteiger partial charge in [0.2, 0.25) is 5.69 Å². The van der Waals surface area contributed by atoms with Crippen molar-refractivity contribution in [3.63, 3.8) is 0 Å². The molecule has 0 fully saturated rings. The van der Waals surface area contributed by atoms with E-state index in [9.17, 15) is 14.9 Å². The maximum atomic E-state index is 12.3. The molecule has 2 heterocycles. The normalized spacial score (nSPS) is 12.1. The summed E-state index contributed by atoms with van der Waals surface area (Å²) in [5.74, 6) is -0.574. The van der Waals surface area contributed by atoms with Crippen LogP contribution >= 0.6 is 0 Å². The molecular formula is C13H18N6O3. The zero-order valence-corrected chi connectivity index (χ0v) is 12.7. The van der Waals surface area contributed by atoms with Crippen LogP contribution in [0, 0.1) is 10.1 Å². The summed E-state index contributed by atoms with van der Waals surface area (Å²) in [5, 5.41) is 21.9. The van der Waals surface area contributed by atoms with Gasteiger partial charge in [-0.3, -0.25) is 24.3 Å². The van der Waals surface area contributed by atoms with E-state index in [1.165, 1.54) is 10.9 Å². The molecule has 1 atom stereocenters. The smallest absolute Gasteiger partial charge is 0.320 e. The molecule has 0 aliphatic heterocycles. The van der Waals surface area contributed by atoms with Crippen LogP contribution in [0.15, 0.2) is 18.5 Å². The number of aryl methyl sites for hydroxylation is 2. The van der Waals surface area contributed by atoms with Gasteiger partial charge >= 0.3 is 5.69 Å². The lowest BCUT2D eigenvalue weighted by Crippen LogP contribution is -2.29. The van der Waals surface area contributed by atoms with Crippen molar-refractivity contribution in [3.05, 3.63) is 40.0 Å². The number of amides is 1. The first-order valence-corrected chi connectivity index (χ1v) is 7.02. The molecule has 9 heteroatoms. The SMILES string of the molecule is CCn1cc([N+](=O)[O-])c(C(=O)NC(C)c2ccnn2CC)n1. The molecule has 2 rings (SSSR count). The Kier molecular flexibility index (Phi) is 4.54. The van der Waals surface area contributed by atoms with Crippen molar-refractivity contribution in [2.45, 2.75) is 39.9 Å². The molecule has 0 saturated heterocycles. The van der Waals surface area contributed by atoms with Crippen LogP contribution in [0.3, 0.4) is 0 Å². The molecule has 0 radical (unpaired) electrons. The summed E-state index contributed by atoms with van der Waals surface area (Å²) in [6.07, 6.45) is 2.91. The molecule has 0 aromatic carbocycles. The zero-order valence-electron chi connectivity index (χ0n) is 12.7. The van der Waals surface area contributed by atoms with Crippen LogP contribution in [0.25, 0.3) is 0 Å². The van der Waals surface area contributed by atoms with Crippen molar-refractivity contribution in [1.29, 1.82) is 0 Å². The molecule has 1 N–H and O–H groups in total. The molecule has 9 nitrogen and oxygen atoms in total. The van der Waals surface area contributed by atoms with E-state index >= 15 is 0 Å². The predicted octanol–water partition coefficient (Wildman–Crippen LogP) is 1.52. The minimum Gasteiger partial charge on any atom is -0.342 e. The van der Waals surface area contributed by atoms with Crippen LogP contribution in [-0.4, -0.2) is 30.4 Å². The van der Waals surface area contributed by atoms with Gasteiger partial charge in [0, 0.05) is 19.3 Å². The second-order valence-corrected chi connectivity index (χ2v) is 4.74. The number of aromatic nitrogens is 4. The minimum atomic E-state index is -0.602. The minimum absolute atomic E-state index is 0.179. The first-order chi connectivity index (χ1) is 10.5. The van der Waals surface area contributed by atoms with E-state index in [2.05, 4.69) is 15.5 Å². The second kappa shape index (κ2) is 6.37. The highest BCUT2D eigenvalue weighted by Crippen LogP contribution is 2.18. The Morgan fingerprint density at radius 2 is 2.18 bits per heavy atom. The molecule has 2 aromatic heterocycles. The third-order valence-electron chi connectivity index (χ3n) is 3.32. The van der Waals surface area contributed by atoms with Gasteiger partial charge in [-0.15, -0.1) is 0 Å². The Hall–Kier alpha value is -2.71. The monoisotopic (exact) mass is 306 g/mol. The highest BCUT2D eigenvalue weighted by atomic mass is 16.6. The van der Waals surface area contributed by atoms with Crippen LogP contribution in [0.1, 0.15) is 43.0 Å². The summed E-state index contributed by atoms with van der Waals surface area (Å²) in [4.78, 5) is 22.7. The summed E-state index contributed by atoms with van der Waals surface area (Å²) in [5.41, 5.74) is 0.352. The highest BCUT2D eigenvalue weighted by molar-refractivity contribution is 5.96. The van der Waals surface area contributed by atoms with Gasteiger partial charge in [-0.05, 0) is 26.8 Å². The van der Waals surface area contributed by atoms with Crippen LogP contribution in [0.2, 0.25) is 0 Å². The molecule has 22 heavy (non-hydrogen) atoms. The first-order valence-electron chi connectivity index (χ1n) is 7.02. The number of nitro groups is 1. The van der Waals surface area contributed by atoms with Crippen molar-refractivity contribution in [2.75, 3.05) is 0 Å². The van der Waals surface area contributed by atoms with Gasteiger partial charge in [0.25, 0.3) is 5.91 Å². The van der Waals surface area contributed by atoms with Gasteiger partial charge in [-0.2, -0.15) is 10.2 Å². The van der Waals surface area contributed by atoms with E-state index in [1.54, 1.807) is 30.8 Å². The van der Waals surface area contributed by atoms with E-state index in [4.69, 9.17) is 0 Å². The van der Waals surface area contributed by atoms with Crippen molar-refractivity contribution in [3.8, 4) is 0 Å². The Morgan fingerprint density at radius 3 is 2.77 bits per heavy atom. The average molecular weight is 306 g/mol. The number of nitrogens with zero attached hydrogens (tertiary/aromatic N) is 5. The van der Waals surface area contributed by atoms with Gasteiger partial charge in [0.1, 0.15) is 6.20 Å². The number of rotatable bonds is 6. The van der Waals surface area contributed by atoms with E-state index in [0.29, 0.717) is 13.1 Å². The summed E-state index contributed by atoms with van der Waals surface area (Å²) >= 11 is 0. The molecule has 0 aliphatic rings. The quantitative estimate of drug-likeness (QED) is 0.643. The van der Waals surface area contributed by atoms with Crippen molar-refractivity contribution in [1.82, 2.24) is 24.9 Å². The summed E-state index contributed by atoms with van der Waals surface area (Å²) < 4.78 is 3.12. The number of hydrogen-bond acceptors (Lipinski definition) is 5. The van der Waals surface area contributed by atoms with E-state index in [-0.39, 0.29) is 17.4 Å². The fourth-order valence-electron chi connectivity index (χ4n) is 2.18. The van der Waals surface area contributed by atoms with Crippen molar-refractivity contribution < 1.29 is 9.72 Å². The molecule has 1 amide bonds. The van der Waals surface area contributed by atoms with Gasteiger partial charge < -0.3 is 5.32 Å². The van der Waals surface area contributed by atoms with Gasteiger partial charge in [0.15, 0.2) is 0 Å². The van der Waals surface area contributed by atoms with E-state index < -0.39 is 10.8 Å². The maximum absolute atomic E-state index is 12.3. The average Bonchev–Trinajstić information content (AvgIpc) is 3.13. The first kappa shape index (κ1) is 15.7. The van der Waals surface area contributed by atoms with Gasteiger partial charge in [0.05, 0.1) is 16.7 Å². The van der Waals surface area contributed by atoms with Crippen molar-refractivity contribution in [2.24, 2.45) is 0 Å². The highest BCUT2D eigenvalue weighted by Gasteiger charge is 2.27. The molecular weight excluding hydrogens is 288 g/mol.